The SMILES string of the molecule is COC(=O)c1cc(F)c(-c2cccc3c2OCN(C(=O)c2c(Cl)cc(-c4ccc(OC)nn4)cc2Cl)C3)cc1N1C2CCC1COC2. The van der Waals surface area contributed by atoms with E-state index in [-0.39, 0.29) is 52.1 Å². The predicted octanol–water partition coefficient (Wildman–Crippen LogP) is 6.41. The molecular formula is C34H29Cl2FN4O6. The topological polar surface area (TPSA) is 103 Å². The summed E-state index contributed by atoms with van der Waals surface area (Å²) in [6.07, 6.45) is 1.83. The van der Waals surface area contributed by atoms with Crippen LogP contribution < -0.4 is 14.4 Å². The fourth-order valence-corrected chi connectivity index (χ4v) is 7.21. The average molecular weight is 680 g/mol. The number of morpholine rings is 1. The zero-order valence-electron chi connectivity index (χ0n) is 25.5. The first-order valence-corrected chi connectivity index (χ1v) is 15.7. The quantitative estimate of drug-likeness (QED) is 0.214. The van der Waals surface area contributed by atoms with Gasteiger partial charge in [-0.05, 0) is 43.2 Å². The molecule has 3 aliphatic rings. The van der Waals surface area contributed by atoms with Crippen molar-refractivity contribution in [2.45, 2.75) is 31.5 Å². The number of anilines is 1. The van der Waals surface area contributed by atoms with E-state index < -0.39 is 17.7 Å². The lowest BCUT2D eigenvalue weighted by Crippen LogP contribution is -2.46. The molecule has 2 saturated heterocycles. The summed E-state index contributed by atoms with van der Waals surface area (Å²) >= 11 is 13.2. The molecule has 0 spiro atoms. The van der Waals surface area contributed by atoms with Crippen LogP contribution in [0, 0.1) is 5.82 Å². The van der Waals surface area contributed by atoms with Crippen LogP contribution in [-0.2, 0) is 16.0 Å². The molecule has 0 aliphatic carbocycles. The van der Waals surface area contributed by atoms with Crippen molar-refractivity contribution in [3.63, 3.8) is 0 Å². The number of carbonyl (C=O) groups excluding carboxylic acids is 2. The maximum absolute atomic E-state index is 15.9. The minimum absolute atomic E-state index is 0.0767. The Morgan fingerprint density at radius 3 is 2.36 bits per heavy atom. The van der Waals surface area contributed by atoms with E-state index in [1.807, 2.05) is 6.07 Å². The summed E-state index contributed by atoms with van der Waals surface area (Å²) < 4.78 is 37.8. The smallest absolute Gasteiger partial charge is 0.340 e. The van der Waals surface area contributed by atoms with E-state index in [9.17, 15) is 9.59 Å². The molecule has 10 nitrogen and oxygen atoms in total. The molecular weight excluding hydrogens is 650 g/mol. The maximum Gasteiger partial charge on any atom is 0.340 e. The number of amides is 1. The molecule has 3 aliphatic heterocycles. The Morgan fingerprint density at radius 2 is 1.70 bits per heavy atom. The van der Waals surface area contributed by atoms with Gasteiger partial charge < -0.3 is 28.7 Å². The van der Waals surface area contributed by atoms with E-state index in [2.05, 4.69) is 15.1 Å². The van der Waals surface area contributed by atoms with Gasteiger partial charge in [-0.25, -0.2) is 9.18 Å². The highest BCUT2D eigenvalue weighted by molar-refractivity contribution is 6.40. The van der Waals surface area contributed by atoms with Crippen molar-refractivity contribution in [1.82, 2.24) is 15.1 Å². The first-order chi connectivity index (χ1) is 22.8. The third-order valence-corrected chi connectivity index (χ3v) is 9.41. The second kappa shape index (κ2) is 12.6. The van der Waals surface area contributed by atoms with Crippen LogP contribution in [-0.4, -0.2) is 73.2 Å². The number of fused-ring (bicyclic) bond motifs is 3. The molecule has 242 valence electrons. The summed E-state index contributed by atoms with van der Waals surface area (Å²) in [7, 11) is 2.78. The number of hydrogen-bond acceptors (Lipinski definition) is 9. The molecule has 0 saturated carbocycles. The second-order valence-corrected chi connectivity index (χ2v) is 12.3. The molecule has 1 aromatic heterocycles. The number of methoxy groups -OCH3 is 2. The Morgan fingerprint density at radius 1 is 0.957 bits per heavy atom. The van der Waals surface area contributed by atoms with Crippen LogP contribution in [0.25, 0.3) is 22.4 Å². The van der Waals surface area contributed by atoms with Crippen LogP contribution in [0.15, 0.2) is 54.6 Å². The van der Waals surface area contributed by atoms with Crippen molar-refractivity contribution in [2.75, 3.05) is 39.1 Å². The average Bonchev–Trinajstić information content (AvgIpc) is 3.33. The zero-order chi connectivity index (χ0) is 32.8. The molecule has 0 N–H and O–H groups in total. The molecule has 13 heteroatoms. The van der Waals surface area contributed by atoms with Gasteiger partial charge in [0.2, 0.25) is 5.88 Å². The summed E-state index contributed by atoms with van der Waals surface area (Å²) in [4.78, 5) is 30.1. The van der Waals surface area contributed by atoms with Crippen molar-refractivity contribution >= 4 is 40.8 Å². The van der Waals surface area contributed by atoms with Crippen LogP contribution in [0.5, 0.6) is 11.6 Å². The van der Waals surface area contributed by atoms with Crippen LogP contribution in [0.2, 0.25) is 10.0 Å². The highest BCUT2D eigenvalue weighted by Gasteiger charge is 2.40. The molecule has 4 heterocycles. The maximum atomic E-state index is 15.9. The minimum atomic E-state index is -0.612. The van der Waals surface area contributed by atoms with E-state index in [0.717, 1.165) is 12.8 Å². The lowest BCUT2D eigenvalue weighted by molar-refractivity contribution is 0.0515. The molecule has 2 bridgehead atoms. The lowest BCUT2D eigenvalue weighted by Gasteiger charge is -2.37. The van der Waals surface area contributed by atoms with Gasteiger partial charge in [-0.1, -0.05) is 41.4 Å². The van der Waals surface area contributed by atoms with Gasteiger partial charge in [0, 0.05) is 28.3 Å². The number of para-hydroxylation sites is 1. The fourth-order valence-electron chi connectivity index (χ4n) is 6.56. The highest BCUT2D eigenvalue weighted by Crippen LogP contribution is 2.43. The fraction of sp³-hybridized carbons (Fsp3) is 0.294. The number of carbonyl (C=O) groups is 2. The van der Waals surface area contributed by atoms with Crippen molar-refractivity contribution < 1.29 is 32.9 Å². The van der Waals surface area contributed by atoms with E-state index in [1.54, 1.807) is 42.5 Å². The molecule has 0 radical (unpaired) electrons. The van der Waals surface area contributed by atoms with Crippen molar-refractivity contribution in [1.29, 1.82) is 0 Å². The number of esters is 1. The van der Waals surface area contributed by atoms with Gasteiger partial charge in [-0.3, -0.25) is 4.79 Å². The Hall–Kier alpha value is -4.45. The standard InChI is InChI=1S/C34H29Cl2FN4O6/c1-44-30-9-8-28(38-39-30)19-10-25(35)31(26(36)11-19)33(42)40-14-18-4-3-5-22(32(18)47-17-40)23-13-29(24(12-27(23)37)34(43)45-2)41-20-6-7-21(41)16-46-15-20/h3-5,8-13,20-21H,6-7,14-17H2,1-2H3. The van der Waals surface area contributed by atoms with Gasteiger partial charge in [0.1, 0.15) is 11.6 Å². The Bertz CT molecular complexity index is 1850. The molecule has 2 atom stereocenters. The van der Waals surface area contributed by atoms with Gasteiger partial charge >= 0.3 is 5.97 Å². The number of nitrogens with zero attached hydrogens (tertiary/aromatic N) is 4. The van der Waals surface area contributed by atoms with E-state index in [1.165, 1.54) is 25.2 Å². The first kappa shape index (κ1) is 31.2. The Kier molecular flexibility index (Phi) is 8.37. The van der Waals surface area contributed by atoms with Crippen LogP contribution >= 0.6 is 23.2 Å². The molecule has 7 rings (SSSR count). The molecule has 47 heavy (non-hydrogen) atoms. The summed E-state index contributed by atoms with van der Waals surface area (Å²) in [5.41, 5.74) is 3.43. The number of hydrogen-bond donors (Lipinski definition) is 0. The van der Waals surface area contributed by atoms with Crippen LogP contribution in [0.4, 0.5) is 10.1 Å². The summed E-state index contributed by atoms with van der Waals surface area (Å²) in [5, 5.41) is 8.39. The Balaban J connectivity index is 1.19. The van der Waals surface area contributed by atoms with Crippen LogP contribution in [0.3, 0.4) is 0 Å². The van der Waals surface area contributed by atoms with Crippen molar-refractivity contribution in [2.24, 2.45) is 0 Å². The van der Waals surface area contributed by atoms with Gasteiger partial charge in [0.05, 0.1) is 78.6 Å². The first-order valence-electron chi connectivity index (χ1n) is 15.0. The number of rotatable bonds is 6. The van der Waals surface area contributed by atoms with Gasteiger partial charge in [-0.15, -0.1) is 10.2 Å². The normalized spacial score (nSPS) is 18.4. The zero-order valence-corrected chi connectivity index (χ0v) is 27.0. The number of aromatic nitrogens is 2. The largest absolute Gasteiger partial charge is 0.480 e. The van der Waals surface area contributed by atoms with Crippen LogP contribution in [0.1, 0.15) is 39.1 Å². The van der Waals surface area contributed by atoms with Gasteiger partial charge in [-0.2, -0.15) is 0 Å². The second-order valence-electron chi connectivity index (χ2n) is 11.5. The number of benzene rings is 3. The third kappa shape index (κ3) is 5.62. The highest BCUT2D eigenvalue weighted by atomic mass is 35.5. The summed E-state index contributed by atoms with van der Waals surface area (Å²) in [6.45, 7) is 1.11. The lowest BCUT2D eigenvalue weighted by atomic mass is 9.96. The predicted molar refractivity (Wildman–Crippen MR) is 173 cm³/mol. The monoisotopic (exact) mass is 678 g/mol. The van der Waals surface area contributed by atoms with E-state index in [4.69, 9.17) is 42.1 Å². The molecule has 2 unspecified atom stereocenters. The summed E-state index contributed by atoms with van der Waals surface area (Å²) in [5.74, 6) is -0.828. The molecule has 4 aromatic rings. The third-order valence-electron chi connectivity index (χ3n) is 8.81. The Labute approximate surface area is 279 Å². The molecule has 2 fully saturated rings. The van der Waals surface area contributed by atoms with E-state index >= 15 is 4.39 Å². The van der Waals surface area contributed by atoms with Crippen molar-refractivity contribution in [3.8, 4) is 34.0 Å². The minimum Gasteiger partial charge on any atom is -0.480 e. The number of ether oxygens (including phenoxy) is 4. The van der Waals surface area contributed by atoms with Gasteiger partial charge in [0.25, 0.3) is 5.91 Å². The number of halogens is 3. The van der Waals surface area contributed by atoms with E-state index in [0.29, 0.717) is 52.9 Å². The molecule has 3 aromatic carbocycles. The molecule has 1 amide bonds. The summed E-state index contributed by atoms with van der Waals surface area (Å²) in [6, 6.07) is 15.0. The van der Waals surface area contributed by atoms with Gasteiger partial charge in [0.15, 0.2) is 6.73 Å². The van der Waals surface area contributed by atoms with Crippen molar-refractivity contribution in [3.05, 3.63) is 87.2 Å².